The number of rotatable bonds is 3. The summed E-state index contributed by atoms with van der Waals surface area (Å²) in [5.74, 6) is 0.741. The highest BCUT2D eigenvalue weighted by molar-refractivity contribution is 5.29. The summed E-state index contributed by atoms with van der Waals surface area (Å²) < 4.78 is 16.4. The van der Waals surface area contributed by atoms with Gasteiger partial charge in [0.25, 0.3) is 0 Å². The highest BCUT2D eigenvalue weighted by Crippen LogP contribution is 2.31. The summed E-state index contributed by atoms with van der Waals surface area (Å²) in [6.07, 6.45) is 4.38. The van der Waals surface area contributed by atoms with Crippen LogP contribution in [-0.4, -0.2) is 15.6 Å². The van der Waals surface area contributed by atoms with Crippen molar-refractivity contribution in [1.82, 2.24) is 9.55 Å². The number of fused-ring (bicyclic) bond motifs is 1. The van der Waals surface area contributed by atoms with Crippen LogP contribution in [0, 0.1) is 12.7 Å². The van der Waals surface area contributed by atoms with Crippen molar-refractivity contribution in [2.24, 2.45) is 5.73 Å². The Bertz CT molecular complexity index is 645. The second-order valence-electron chi connectivity index (χ2n) is 5.95. The number of aryl methyl sites for hydroxylation is 2. The SMILES string of the molecule is Cc1nc2c(n1C(c1ccccc1F)C(C)N)CCCC2. The molecular weight excluding hydrogens is 265 g/mol. The van der Waals surface area contributed by atoms with Crippen molar-refractivity contribution in [3.63, 3.8) is 0 Å². The molecule has 1 heterocycles. The molecule has 2 aromatic rings. The van der Waals surface area contributed by atoms with Gasteiger partial charge in [-0.05, 0) is 45.6 Å². The van der Waals surface area contributed by atoms with E-state index in [1.54, 1.807) is 6.07 Å². The molecule has 1 aliphatic rings. The third-order valence-corrected chi connectivity index (χ3v) is 4.35. The van der Waals surface area contributed by atoms with E-state index in [4.69, 9.17) is 10.7 Å². The lowest BCUT2D eigenvalue weighted by molar-refractivity contribution is 0.445. The van der Waals surface area contributed by atoms with Crippen molar-refractivity contribution in [3.8, 4) is 0 Å². The third-order valence-electron chi connectivity index (χ3n) is 4.35. The topological polar surface area (TPSA) is 43.8 Å². The molecule has 1 aliphatic carbocycles. The number of halogens is 1. The minimum Gasteiger partial charge on any atom is -0.326 e. The molecule has 3 rings (SSSR count). The van der Waals surface area contributed by atoms with E-state index in [2.05, 4.69) is 4.57 Å². The van der Waals surface area contributed by atoms with Gasteiger partial charge in [0, 0.05) is 17.3 Å². The number of nitrogens with two attached hydrogens (primary N) is 1. The average Bonchev–Trinajstić information content (AvgIpc) is 2.78. The van der Waals surface area contributed by atoms with Crippen molar-refractivity contribution >= 4 is 0 Å². The summed E-state index contributed by atoms with van der Waals surface area (Å²) in [6, 6.07) is 6.54. The van der Waals surface area contributed by atoms with Gasteiger partial charge in [0.1, 0.15) is 11.6 Å². The quantitative estimate of drug-likeness (QED) is 0.942. The maximum absolute atomic E-state index is 14.3. The lowest BCUT2D eigenvalue weighted by Gasteiger charge is -2.27. The van der Waals surface area contributed by atoms with E-state index >= 15 is 0 Å². The molecule has 0 amide bonds. The molecule has 0 spiro atoms. The summed E-state index contributed by atoms with van der Waals surface area (Å²) in [5.41, 5.74) is 9.28. The third kappa shape index (κ3) is 2.48. The molecule has 21 heavy (non-hydrogen) atoms. The molecule has 2 atom stereocenters. The minimum atomic E-state index is -0.197. The van der Waals surface area contributed by atoms with Gasteiger partial charge < -0.3 is 10.3 Å². The monoisotopic (exact) mass is 287 g/mol. The van der Waals surface area contributed by atoms with E-state index in [0.29, 0.717) is 5.56 Å². The zero-order chi connectivity index (χ0) is 15.0. The zero-order valence-corrected chi connectivity index (χ0v) is 12.6. The molecule has 0 aliphatic heterocycles. The van der Waals surface area contributed by atoms with Gasteiger partial charge in [-0.3, -0.25) is 0 Å². The van der Waals surface area contributed by atoms with Crippen LogP contribution >= 0.6 is 0 Å². The number of hydrogen-bond acceptors (Lipinski definition) is 2. The van der Waals surface area contributed by atoms with Gasteiger partial charge in [-0.1, -0.05) is 18.2 Å². The molecule has 1 aromatic carbocycles. The molecule has 2 unspecified atom stereocenters. The van der Waals surface area contributed by atoms with Gasteiger partial charge in [0.2, 0.25) is 0 Å². The van der Waals surface area contributed by atoms with Crippen molar-refractivity contribution in [2.45, 2.75) is 51.6 Å². The summed E-state index contributed by atoms with van der Waals surface area (Å²) in [5, 5.41) is 0. The first kappa shape index (κ1) is 14.3. The van der Waals surface area contributed by atoms with Crippen molar-refractivity contribution in [2.75, 3.05) is 0 Å². The average molecular weight is 287 g/mol. The van der Waals surface area contributed by atoms with Gasteiger partial charge >= 0.3 is 0 Å². The Morgan fingerprint density at radius 1 is 1.24 bits per heavy atom. The maximum atomic E-state index is 14.3. The minimum absolute atomic E-state index is 0.180. The summed E-state index contributed by atoms with van der Waals surface area (Å²) >= 11 is 0. The number of benzene rings is 1. The number of hydrogen-bond donors (Lipinski definition) is 1. The Morgan fingerprint density at radius 2 is 1.95 bits per heavy atom. The van der Waals surface area contributed by atoms with E-state index in [9.17, 15) is 4.39 Å². The van der Waals surface area contributed by atoms with E-state index in [-0.39, 0.29) is 17.9 Å². The Balaban J connectivity index is 2.15. The van der Waals surface area contributed by atoms with E-state index in [1.807, 2.05) is 26.0 Å². The second kappa shape index (κ2) is 5.60. The van der Waals surface area contributed by atoms with Crippen molar-refractivity contribution < 1.29 is 4.39 Å². The Morgan fingerprint density at radius 3 is 2.67 bits per heavy atom. The van der Waals surface area contributed by atoms with Crippen LogP contribution in [0.1, 0.15) is 48.6 Å². The molecule has 2 N–H and O–H groups in total. The number of imidazole rings is 1. The molecule has 0 saturated carbocycles. The molecule has 3 nitrogen and oxygen atoms in total. The van der Waals surface area contributed by atoms with Crippen LogP contribution in [0.25, 0.3) is 0 Å². The second-order valence-corrected chi connectivity index (χ2v) is 5.95. The first-order chi connectivity index (χ1) is 10.1. The lowest BCUT2D eigenvalue weighted by Crippen LogP contribution is -2.33. The molecule has 0 fully saturated rings. The lowest BCUT2D eigenvalue weighted by atomic mass is 9.96. The molecule has 0 bridgehead atoms. The predicted octanol–water partition coefficient (Wildman–Crippen LogP) is 3.15. The van der Waals surface area contributed by atoms with Crippen LogP contribution in [-0.2, 0) is 12.8 Å². The van der Waals surface area contributed by atoms with Crippen LogP contribution < -0.4 is 5.73 Å². The van der Waals surface area contributed by atoms with Crippen LogP contribution in [0.15, 0.2) is 24.3 Å². The molecule has 0 saturated heterocycles. The number of aromatic nitrogens is 2. The Labute approximate surface area is 125 Å². The standard InChI is InChI=1S/C17H22FN3/c1-11(19)17(13-7-3-4-8-14(13)18)21-12(2)20-15-9-5-6-10-16(15)21/h3-4,7-8,11,17H,5-6,9-10,19H2,1-2H3. The van der Waals surface area contributed by atoms with Crippen LogP contribution in [0.3, 0.4) is 0 Å². The van der Waals surface area contributed by atoms with E-state index in [0.717, 1.165) is 18.7 Å². The predicted molar refractivity (Wildman–Crippen MR) is 81.8 cm³/mol. The fraction of sp³-hybridized carbons (Fsp3) is 0.471. The first-order valence-electron chi connectivity index (χ1n) is 7.66. The zero-order valence-electron chi connectivity index (χ0n) is 12.6. The molecule has 112 valence electrons. The van der Waals surface area contributed by atoms with Crippen LogP contribution in [0.4, 0.5) is 4.39 Å². The maximum Gasteiger partial charge on any atom is 0.128 e. The summed E-state index contributed by atoms with van der Waals surface area (Å²) in [7, 11) is 0. The fourth-order valence-corrected chi connectivity index (χ4v) is 3.44. The summed E-state index contributed by atoms with van der Waals surface area (Å²) in [6.45, 7) is 3.93. The molecular formula is C17H22FN3. The molecule has 0 radical (unpaired) electrons. The van der Waals surface area contributed by atoms with Crippen molar-refractivity contribution in [1.29, 1.82) is 0 Å². The van der Waals surface area contributed by atoms with Gasteiger partial charge in [-0.25, -0.2) is 9.37 Å². The van der Waals surface area contributed by atoms with Gasteiger partial charge in [0.15, 0.2) is 0 Å². The Kier molecular flexibility index (Phi) is 3.81. The van der Waals surface area contributed by atoms with Gasteiger partial charge in [-0.2, -0.15) is 0 Å². The number of nitrogens with zero attached hydrogens (tertiary/aromatic N) is 2. The van der Waals surface area contributed by atoms with Crippen LogP contribution in [0.2, 0.25) is 0 Å². The Hall–Kier alpha value is -1.68. The fourth-order valence-electron chi connectivity index (χ4n) is 3.44. The first-order valence-corrected chi connectivity index (χ1v) is 7.66. The molecule has 1 aromatic heterocycles. The smallest absolute Gasteiger partial charge is 0.128 e. The normalized spacial score (nSPS) is 17.3. The van der Waals surface area contributed by atoms with Crippen LogP contribution in [0.5, 0.6) is 0 Å². The van der Waals surface area contributed by atoms with Crippen molar-refractivity contribution in [3.05, 3.63) is 52.9 Å². The summed E-state index contributed by atoms with van der Waals surface area (Å²) in [4.78, 5) is 4.69. The highest BCUT2D eigenvalue weighted by Gasteiger charge is 2.28. The molecule has 4 heteroatoms. The van der Waals surface area contributed by atoms with Gasteiger partial charge in [0.05, 0.1) is 11.7 Å². The largest absolute Gasteiger partial charge is 0.326 e. The van der Waals surface area contributed by atoms with Gasteiger partial charge in [-0.15, -0.1) is 0 Å². The highest BCUT2D eigenvalue weighted by atomic mass is 19.1. The van der Waals surface area contributed by atoms with E-state index in [1.165, 1.54) is 30.3 Å². The van der Waals surface area contributed by atoms with E-state index < -0.39 is 0 Å².